The number of nitrogens with zero attached hydrogens (tertiary/aromatic N) is 3. The second-order valence-electron chi connectivity index (χ2n) is 15.5. The molecule has 0 amide bonds. The zero-order valence-corrected chi connectivity index (χ0v) is 31.4. The molecular formula is C55H33N3. The summed E-state index contributed by atoms with van der Waals surface area (Å²) in [6.45, 7) is 0. The van der Waals surface area contributed by atoms with E-state index in [1.54, 1.807) is 0 Å². The quantitative estimate of drug-likeness (QED) is 0.176. The molecule has 268 valence electrons. The number of pyridine rings is 1. The van der Waals surface area contributed by atoms with Crippen molar-refractivity contribution in [2.45, 2.75) is 0 Å². The van der Waals surface area contributed by atoms with Crippen molar-refractivity contribution in [3.8, 4) is 56.0 Å². The lowest BCUT2D eigenvalue weighted by Crippen LogP contribution is -1.95. The topological polar surface area (TPSA) is 22.8 Å². The van der Waals surface area contributed by atoms with Gasteiger partial charge in [0, 0.05) is 61.0 Å². The minimum atomic E-state index is 1.01. The SMILES string of the molecule is c1ccc(-n2c3ccccc3c3cc4cc(-c5ccc6c(c5)c5ccccc5n6-c5cccc(-c6ncc7c8c(cccc68)-c6ccccc6-7)c5)ccc4cc32)cc1. The van der Waals surface area contributed by atoms with Crippen molar-refractivity contribution in [2.75, 3.05) is 0 Å². The van der Waals surface area contributed by atoms with Crippen LogP contribution in [0, 0.1) is 0 Å². The molecule has 0 saturated heterocycles. The Labute approximate surface area is 334 Å². The molecule has 0 radical (unpaired) electrons. The van der Waals surface area contributed by atoms with Gasteiger partial charge in [-0.1, -0.05) is 127 Å². The Balaban J connectivity index is 0.941. The number of rotatable bonds is 4. The van der Waals surface area contributed by atoms with Crippen LogP contribution in [-0.2, 0) is 0 Å². The number of para-hydroxylation sites is 3. The van der Waals surface area contributed by atoms with Crippen molar-refractivity contribution in [3.05, 3.63) is 200 Å². The molecule has 0 bridgehead atoms. The van der Waals surface area contributed by atoms with E-state index in [9.17, 15) is 0 Å². The van der Waals surface area contributed by atoms with Gasteiger partial charge in [0.2, 0.25) is 0 Å². The molecule has 0 saturated carbocycles. The predicted molar refractivity (Wildman–Crippen MR) is 243 cm³/mol. The fourth-order valence-electron chi connectivity index (χ4n) is 9.88. The van der Waals surface area contributed by atoms with Crippen molar-refractivity contribution in [1.29, 1.82) is 0 Å². The van der Waals surface area contributed by atoms with Crippen LogP contribution in [0.4, 0.5) is 0 Å². The maximum Gasteiger partial charge on any atom is 0.0781 e. The van der Waals surface area contributed by atoms with Crippen molar-refractivity contribution < 1.29 is 0 Å². The highest BCUT2D eigenvalue weighted by Gasteiger charge is 2.23. The molecule has 0 N–H and O–H groups in total. The number of benzene rings is 9. The van der Waals surface area contributed by atoms with Gasteiger partial charge in [-0.05, 0) is 105 Å². The van der Waals surface area contributed by atoms with Gasteiger partial charge in [-0.3, -0.25) is 4.98 Å². The Hall–Kier alpha value is -7.75. The van der Waals surface area contributed by atoms with Gasteiger partial charge < -0.3 is 9.13 Å². The summed E-state index contributed by atoms with van der Waals surface area (Å²) in [6, 6.07) is 71.0. The molecule has 3 nitrogen and oxygen atoms in total. The van der Waals surface area contributed by atoms with E-state index in [0.717, 1.165) is 16.9 Å². The third-order valence-corrected chi connectivity index (χ3v) is 12.4. The summed E-state index contributed by atoms with van der Waals surface area (Å²) in [5.74, 6) is 0. The molecule has 0 atom stereocenters. The van der Waals surface area contributed by atoms with E-state index in [-0.39, 0.29) is 0 Å². The fraction of sp³-hybridized carbons (Fsp3) is 0. The Kier molecular flexibility index (Phi) is 6.44. The van der Waals surface area contributed by atoms with Crippen molar-refractivity contribution in [3.63, 3.8) is 0 Å². The van der Waals surface area contributed by atoms with Crippen LogP contribution in [0.3, 0.4) is 0 Å². The first kappa shape index (κ1) is 31.5. The lowest BCUT2D eigenvalue weighted by Gasteiger charge is -2.12. The summed E-state index contributed by atoms with van der Waals surface area (Å²) in [6.07, 6.45) is 2.07. The first-order chi connectivity index (χ1) is 28.8. The number of fused-ring (bicyclic) bond motifs is 10. The van der Waals surface area contributed by atoms with E-state index in [4.69, 9.17) is 4.98 Å². The van der Waals surface area contributed by atoms with Crippen LogP contribution in [0.15, 0.2) is 200 Å². The first-order valence-corrected chi connectivity index (χ1v) is 20.0. The summed E-state index contributed by atoms with van der Waals surface area (Å²) in [5, 5.41) is 9.95. The smallest absolute Gasteiger partial charge is 0.0781 e. The highest BCUT2D eigenvalue weighted by molar-refractivity contribution is 6.18. The zero-order chi connectivity index (χ0) is 37.9. The van der Waals surface area contributed by atoms with Crippen molar-refractivity contribution in [2.24, 2.45) is 0 Å². The molecule has 0 spiro atoms. The van der Waals surface area contributed by atoms with E-state index in [1.165, 1.54) is 104 Å². The maximum atomic E-state index is 5.13. The molecule has 12 aromatic rings. The third-order valence-electron chi connectivity index (χ3n) is 12.4. The Morgan fingerprint density at radius 2 is 0.914 bits per heavy atom. The molecular weight excluding hydrogens is 703 g/mol. The average Bonchev–Trinajstić information content (AvgIpc) is 3.92. The zero-order valence-electron chi connectivity index (χ0n) is 31.4. The van der Waals surface area contributed by atoms with Gasteiger partial charge in [-0.2, -0.15) is 0 Å². The van der Waals surface area contributed by atoms with Gasteiger partial charge >= 0.3 is 0 Å². The summed E-state index contributed by atoms with van der Waals surface area (Å²) >= 11 is 0. The summed E-state index contributed by atoms with van der Waals surface area (Å²) in [4.78, 5) is 5.13. The molecule has 1 aliphatic carbocycles. The molecule has 0 unspecified atom stereocenters. The van der Waals surface area contributed by atoms with Gasteiger partial charge in [0.1, 0.15) is 0 Å². The minimum Gasteiger partial charge on any atom is -0.309 e. The Morgan fingerprint density at radius 1 is 0.310 bits per heavy atom. The van der Waals surface area contributed by atoms with Crippen molar-refractivity contribution >= 4 is 65.2 Å². The van der Waals surface area contributed by atoms with E-state index >= 15 is 0 Å². The maximum absolute atomic E-state index is 5.13. The number of aromatic nitrogens is 3. The monoisotopic (exact) mass is 735 g/mol. The molecule has 0 fully saturated rings. The van der Waals surface area contributed by atoms with Crippen LogP contribution in [0.5, 0.6) is 0 Å². The molecule has 3 heterocycles. The Morgan fingerprint density at radius 3 is 1.74 bits per heavy atom. The van der Waals surface area contributed by atoms with Crippen LogP contribution < -0.4 is 0 Å². The molecule has 3 aromatic heterocycles. The first-order valence-electron chi connectivity index (χ1n) is 20.0. The van der Waals surface area contributed by atoms with Gasteiger partial charge in [-0.15, -0.1) is 0 Å². The Bertz CT molecular complexity index is 3650. The van der Waals surface area contributed by atoms with Gasteiger partial charge in [-0.25, -0.2) is 0 Å². The van der Waals surface area contributed by atoms with E-state index in [1.807, 2.05) is 0 Å². The molecule has 1 aliphatic rings. The van der Waals surface area contributed by atoms with Crippen LogP contribution >= 0.6 is 0 Å². The standard InChI is InChI=1S/C55H33N3/c1-2-13-39(14-3-1)57-50-22-8-7-19-44(50)48-31-38-28-34(24-25-36(38)32-53(48)57)35-26-27-52-47(30-35)43-18-6-9-23-51(43)58(52)40-15-10-12-37(29-40)55-46-21-11-20-45-41-16-4-5-17-42(41)49(33-56-55)54(45)46/h1-33H. The van der Waals surface area contributed by atoms with Gasteiger partial charge in [0.05, 0.1) is 27.8 Å². The highest BCUT2D eigenvalue weighted by Crippen LogP contribution is 2.48. The van der Waals surface area contributed by atoms with Crippen LogP contribution in [0.1, 0.15) is 0 Å². The second-order valence-corrected chi connectivity index (χ2v) is 15.5. The van der Waals surface area contributed by atoms with Gasteiger partial charge in [0.15, 0.2) is 0 Å². The second kappa shape index (κ2) is 11.9. The summed E-state index contributed by atoms with van der Waals surface area (Å²) in [5.41, 5.74) is 16.7. The molecule has 9 aromatic carbocycles. The average molecular weight is 736 g/mol. The molecule has 0 aliphatic heterocycles. The van der Waals surface area contributed by atoms with Crippen LogP contribution in [-0.4, -0.2) is 14.1 Å². The van der Waals surface area contributed by atoms with E-state index in [2.05, 4.69) is 209 Å². The number of hydrogen-bond acceptors (Lipinski definition) is 1. The van der Waals surface area contributed by atoms with Crippen molar-refractivity contribution in [1.82, 2.24) is 14.1 Å². The number of hydrogen-bond donors (Lipinski definition) is 0. The molecule has 13 rings (SSSR count). The summed E-state index contributed by atoms with van der Waals surface area (Å²) < 4.78 is 4.80. The van der Waals surface area contributed by atoms with E-state index < -0.39 is 0 Å². The van der Waals surface area contributed by atoms with E-state index in [0.29, 0.717) is 0 Å². The highest BCUT2D eigenvalue weighted by atomic mass is 15.0. The molecule has 3 heteroatoms. The minimum absolute atomic E-state index is 1.01. The lowest BCUT2D eigenvalue weighted by atomic mass is 9.98. The lowest BCUT2D eigenvalue weighted by molar-refractivity contribution is 1.18. The van der Waals surface area contributed by atoms with Gasteiger partial charge in [0.25, 0.3) is 0 Å². The fourth-order valence-corrected chi connectivity index (χ4v) is 9.88. The van der Waals surface area contributed by atoms with Crippen LogP contribution in [0.25, 0.3) is 121 Å². The normalized spacial score (nSPS) is 12.1. The third kappa shape index (κ3) is 4.41. The summed E-state index contributed by atoms with van der Waals surface area (Å²) in [7, 11) is 0. The predicted octanol–water partition coefficient (Wildman–Crippen LogP) is 14.6. The van der Waals surface area contributed by atoms with Crippen LogP contribution in [0.2, 0.25) is 0 Å². The molecule has 58 heavy (non-hydrogen) atoms. The largest absolute Gasteiger partial charge is 0.309 e.